The summed E-state index contributed by atoms with van der Waals surface area (Å²) in [7, 11) is 1.76. The van der Waals surface area contributed by atoms with Gasteiger partial charge in [0.25, 0.3) is 0 Å². The maximum atomic E-state index is 10.9. The standard InChI is InChI=1S/C12H24NO5.C2H6.K/c1-3-18-12(14)4-6-15-8-10-17-11-9-16-7-5-13-2;1-2;/h3-11H2,1-2H3;1-2H3;/q-1;;+1. The zero-order valence-corrected chi connectivity index (χ0v) is 17.5. The number of hydrogen-bond donors (Lipinski definition) is 0. The molecular weight excluding hydrogens is 301 g/mol. The molecule has 0 heterocycles. The van der Waals surface area contributed by atoms with Crippen LogP contribution in [0.15, 0.2) is 0 Å². The van der Waals surface area contributed by atoms with Crippen molar-refractivity contribution in [3.8, 4) is 0 Å². The van der Waals surface area contributed by atoms with Crippen LogP contribution in [-0.4, -0.2) is 65.8 Å². The normalized spacial score (nSPS) is 9.33. The second-order valence-electron chi connectivity index (χ2n) is 3.43. The number of esters is 1. The van der Waals surface area contributed by atoms with Gasteiger partial charge < -0.3 is 24.3 Å². The van der Waals surface area contributed by atoms with Crippen LogP contribution in [0.25, 0.3) is 5.32 Å². The van der Waals surface area contributed by atoms with E-state index in [4.69, 9.17) is 18.9 Å². The molecule has 0 aromatic heterocycles. The number of carbonyl (C=O) groups is 1. The quantitative estimate of drug-likeness (QED) is 0.247. The minimum Gasteiger partial charge on any atom is -0.663 e. The van der Waals surface area contributed by atoms with Gasteiger partial charge in [0.05, 0.1) is 46.1 Å². The third-order valence-corrected chi connectivity index (χ3v) is 1.96. The van der Waals surface area contributed by atoms with E-state index in [0.717, 1.165) is 6.54 Å². The summed E-state index contributed by atoms with van der Waals surface area (Å²) in [4.78, 5) is 10.9. The van der Waals surface area contributed by atoms with Crippen LogP contribution in [0.1, 0.15) is 27.2 Å². The Bertz CT molecular complexity index is 196. The van der Waals surface area contributed by atoms with E-state index in [1.54, 1.807) is 14.0 Å². The molecule has 0 spiro atoms. The molecule has 7 heteroatoms. The van der Waals surface area contributed by atoms with Gasteiger partial charge >= 0.3 is 57.4 Å². The molecule has 0 aromatic rings. The fourth-order valence-electron chi connectivity index (χ4n) is 1.09. The van der Waals surface area contributed by atoms with E-state index < -0.39 is 0 Å². The maximum Gasteiger partial charge on any atom is 1.00 e. The number of carbonyl (C=O) groups excluding carboxylic acids is 1. The Balaban J connectivity index is -0.00000103. The number of hydrogen-bond acceptors (Lipinski definition) is 5. The van der Waals surface area contributed by atoms with E-state index in [-0.39, 0.29) is 63.8 Å². The molecule has 0 aromatic carbocycles. The smallest absolute Gasteiger partial charge is 0.663 e. The van der Waals surface area contributed by atoms with Crippen LogP contribution >= 0.6 is 0 Å². The van der Waals surface area contributed by atoms with Crippen LogP contribution in [0, 0.1) is 0 Å². The molecular formula is C14H30KNO5. The van der Waals surface area contributed by atoms with Crippen molar-refractivity contribution in [2.45, 2.75) is 27.2 Å². The van der Waals surface area contributed by atoms with E-state index in [1.165, 1.54) is 0 Å². The Kier molecular flexibility index (Phi) is 33.1. The Morgan fingerprint density at radius 3 is 1.86 bits per heavy atom. The van der Waals surface area contributed by atoms with E-state index in [1.807, 2.05) is 13.8 Å². The molecule has 0 fully saturated rings. The monoisotopic (exact) mass is 331 g/mol. The molecule has 122 valence electrons. The van der Waals surface area contributed by atoms with Gasteiger partial charge in [-0.25, -0.2) is 0 Å². The van der Waals surface area contributed by atoms with E-state index in [2.05, 4.69) is 5.32 Å². The van der Waals surface area contributed by atoms with Crippen molar-refractivity contribution >= 4 is 5.97 Å². The summed E-state index contributed by atoms with van der Waals surface area (Å²) >= 11 is 0. The Morgan fingerprint density at radius 2 is 1.38 bits per heavy atom. The number of nitrogens with zero attached hydrogens (tertiary/aromatic N) is 1. The average Bonchev–Trinajstić information content (AvgIpc) is 2.47. The first kappa shape index (κ1) is 26.8. The van der Waals surface area contributed by atoms with Crippen molar-refractivity contribution in [1.29, 1.82) is 0 Å². The van der Waals surface area contributed by atoms with Crippen LogP contribution in [0.2, 0.25) is 0 Å². The molecule has 0 atom stereocenters. The molecule has 0 aliphatic carbocycles. The predicted molar refractivity (Wildman–Crippen MR) is 79.2 cm³/mol. The van der Waals surface area contributed by atoms with Crippen molar-refractivity contribution in [3.05, 3.63) is 5.32 Å². The summed E-state index contributed by atoms with van der Waals surface area (Å²) in [6, 6.07) is 0. The Hall–Kier alpha value is 0.946. The van der Waals surface area contributed by atoms with Gasteiger partial charge in [0, 0.05) is 6.61 Å². The number of likely N-dealkylation sites (N-methyl/N-ethyl adjacent to an activating group) is 1. The molecule has 21 heavy (non-hydrogen) atoms. The average molecular weight is 331 g/mol. The topological polar surface area (TPSA) is 68.1 Å². The van der Waals surface area contributed by atoms with Crippen molar-refractivity contribution in [2.75, 3.05) is 59.8 Å². The van der Waals surface area contributed by atoms with Crippen molar-refractivity contribution < 1.29 is 75.1 Å². The van der Waals surface area contributed by atoms with Crippen molar-refractivity contribution in [1.82, 2.24) is 0 Å². The fourth-order valence-corrected chi connectivity index (χ4v) is 1.09. The number of rotatable bonds is 13. The van der Waals surface area contributed by atoms with Gasteiger partial charge in [-0.15, -0.1) is 6.54 Å². The molecule has 6 nitrogen and oxygen atoms in total. The van der Waals surface area contributed by atoms with Crippen molar-refractivity contribution in [3.63, 3.8) is 0 Å². The van der Waals surface area contributed by atoms with E-state index in [0.29, 0.717) is 46.2 Å². The molecule has 0 unspecified atom stereocenters. The molecule has 0 rings (SSSR count). The van der Waals surface area contributed by atoms with Crippen LogP contribution in [0.3, 0.4) is 0 Å². The SMILES string of the molecule is CC.CCOC(=O)CCOCCOCCOCC[N-]C.[K+]. The van der Waals surface area contributed by atoms with Gasteiger partial charge in [0.15, 0.2) is 0 Å². The third kappa shape index (κ3) is 26.2. The van der Waals surface area contributed by atoms with Gasteiger partial charge in [0.2, 0.25) is 0 Å². The van der Waals surface area contributed by atoms with Gasteiger partial charge in [-0.3, -0.25) is 4.79 Å². The second kappa shape index (κ2) is 25.9. The third-order valence-electron chi connectivity index (χ3n) is 1.96. The second-order valence-corrected chi connectivity index (χ2v) is 3.43. The zero-order valence-electron chi connectivity index (χ0n) is 14.4. The minimum atomic E-state index is -0.229. The molecule has 0 bridgehead atoms. The molecule has 0 aliphatic rings. The van der Waals surface area contributed by atoms with Crippen molar-refractivity contribution in [2.24, 2.45) is 0 Å². The van der Waals surface area contributed by atoms with Gasteiger partial charge in [0.1, 0.15) is 0 Å². The summed E-state index contributed by atoms with van der Waals surface area (Å²) in [5.41, 5.74) is 0. The number of ether oxygens (including phenoxy) is 4. The summed E-state index contributed by atoms with van der Waals surface area (Å²) < 4.78 is 20.5. The summed E-state index contributed by atoms with van der Waals surface area (Å²) in [5.74, 6) is -0.229. The maximum absolute atomic E-state index is 10.9. The molecule has 0 saturated heterocycles. The van der Waals surface area contributed by atoms with Crippen LogP contribution in [0.4, 0.5) is 0 Å². The molecule has 0 N–H and O–H groups in total. The summed E-state index contributed by atoms with van der Waals surface area (Å²) in [5, 5.41) is 3.91. The first-order valence-electron chi connectivity index (χ1n) is 7.25. The van der Waals surface area contributed by atoms with Crippen LogP contribution in [-0.2, 0) is 23.7 Å². The first-order valence-corrected chi connectivity index (χ1v) is 7.25. The first-order chi connectivity index (χ1) is 9.81. The van der Waals surface area contributed by atoms with E-state index >= 15 is 0 Å². The Morgan fingerprint density at radius 1 is 0.905 bits per heavy atom. The summed E-state index contributed by atoms with van der Waals surface area (Å²) in [6.45, 7) is 10.0. The van der Waals surface area contributed by atoms with Crippen LogP contribution in [0.5, 0.6) is 0 Å². The summed E-state index contributed by atoms with van der Waals surface area (Å²) in [6.07, 6.45) is 0.289. The molecule has 0 saturated carbocycles. The Labute approximate surface area is 172 Å². The predicted octanol–water partition coefficient (Wildman–Crippen LogP) is -0.977. The van der Waals surface area contributed by atoms with Crippen LogP contribution < -0.4 is 51.4 Å². The van der Waals surface area contributed by atoms with Gasteiger partial charge in [-0.1, -0.05) is 13.8 Å². The molecule has 0 aliphatic heterocycles. The van der Waals surface area contributed by atoms with Gasteiger partial charge in [-0.2, -0.15) is 7.05 Å². The molecule has 0 amide bonds. The largest absolute Gasteiger partial charge is 1.00 e. The fraction of sp³-hybridized carbons (Fsp3) is 0.929. The van der Waals surface area contributed by atoms with Gasteiger partial charge in [-0.05, 0) is 6.92 Å². The molecule has 0 radical (unpaired) electrons. The zero-order chi connectivity index (χ0) is 15.5. The minimum absolute atomic E-state index is 0. The van der Waals surface area contributed by atoms with E-state index in [9.17, 15) is 4.79 Å².